The van der Waals surface area contributed by atoms with Crippen LogP contribution in [0.2, 0.25) is 0 Å². The van der Waals surface area contributed by atoms with Crippen LogP contribution in [0.4, 0.5) is 18.9 Å². The van der Waals surface area contributed by atoms with E-state index in [9.17, 15) is 26.4 Å². The van der Waals surface area contributed by atoms with Crippen molar-refractivity contribution in [3.63, 3.8) is 0 Å². The largest absolute Gasteiger partial charge is 0.534 e. The minimum atomic E-state index is -6.01. The maximum Gasteiger partial charge on any atom is 0.534 e. The summed E-state index contributed by atoms with van der Waals surface area (Å²) in [4.78, 5) is 14.9. The van der Waals surface area contributed by atoms with Crippen LogP contribution < -0.4 is 18.6 Å². The predicted octanol–water partition coefficient (Wildman–Crippen LogP) is 3.86. The molecule has 4 rings (SSSR count). The summed E-state index contributed by atoms with van der Waals surface area (Å²) in [6, 6.07) is 9.88. The molecular weight excluding hydrogens is 491 g/mol. The number of aryl methyl sites for hydroxylation is 1. The van der Waals surface area contributed by atoms with E-state index in [0.717, 1.165) is 11.6 Å². The average molecular weight is 516 g/mol. The maximum atomic E-state index is 13.1. The van der Waals surface area contributed by atoms with Crippen molar-refractivity contribution >= 4 is 21.6 Å². The van der Waals surface area contributed by atoms with Crippen molar-refractivity contribution in [2.24, 2.45) is 0 Å². The standard InChI is InChI=1S/C23H24F3NO7S/c1-15-5-3-4-6-18(15)32-14-22(2)13-17(28)21-19(33-22)11-16(27-7-9-31-10-8-27)12-20(21)34-35(29,30)23(24,25)26/h3-6,11-12H,7-10,13-14H2,1-2H3. The molecule has 0 aromatic heterocycles. The van der Waals surface area contributed by atoms with Crippen LogP contribution in [0.15, 0.2) is 36.4 Å². The van der Waals surface area contributed by atoms with E-state index < -0.39 is 32.8 Å². The van der Waals surface area contributed by atoms with Crippen LogP contribution in [-0.4, -0.2) is 58.2 Å². The minimum absolute atomic E-state index is 0.0259. The zero-order chi connectivity index (χ0) is 25.4. The number of hydrogen-bond donors (Lipinski definition) is 0. The molecule has 35 heavy (non-hydrogen) atoms. The van der Waals surface area contributed by atoms with Gasteiger partial charge in [0.15, 0.2) is 11.5 Å². The highest BCUT2D eigenvalue weighted by molar-refractivity contribution is 7.88. The van der Waals surface area contributed by atoms with Crippen molar-refractivity contribution in [1.29, 1.82) is 0 Å². The van der Waals surface area contributed by atoms with Crippen molar-refractivity contribution < 1.29 is 44.8 Å². The third-order valence-corrected chi connectivity index (χ3v) is 6.67. The SMILES string of the molecule is Cc1ccccc1OCC1(C)CC(=O)c2c(cc(N3CCOCC3)cc2OS(=O)(=O)C(F)(F)F)O1. The number of hydrogen-bond acceptors (Lipinski definition) is 8. The molecule has 8 nitrogen and oxygen atoms in total. The van der Waals surface area contributed by atoms with E-state index in [1.807, 2.05) is 19.1 Å². The number of carbonyl (C=O) groups excluding carboxylic acids is 1. The van der Waals surface area contributed by atoms with Gasteiger partial charge < -0.3 is 23.3 Å². The van der Waals surface area contributed by atoms with E-state index in [4.69, 9.17) is 14.2 Å². The molecule has 0 N–H and O–H groups in total. The molecule has 190 valence electrons. The molecule has 0 spiro atoms. The number of halogens is 3. The summed E-state index contributed by atoms with van der Waals surface area (Å²) in [5.74, 6) is -0.831. The van der Waals surface area contributed by atoms with Gasteiger partial charge >= 0.3 is 15.6 Å². The molecule has 0 aliphatic carbocycles. The first-order valence-corrected chi connectivity index (χ1v) is 12.2. The number of morpholine rings is 1. The Morgan fingerprint density at radius 1 is 1.11 bits per heavy atom. The zero-order valence-electron chi connectivity index (χ0n) is 19.1. The number of fused-ring (bicyclic) bond motifs is 1. The molecule has 2 aliphatic heterocycles. The van der Waals surface area contributed by atoms with Crippen LogP contribution >= 0.6 is 0 Å². The van der Waals surface area contributed by atoms with Gasteiger partial charge in [0.25, 0.3) is 0 Å². The summed E-state index contributed by atoms with van der Waals surface area (Å²) in [7, 11) is -6.01. The van der Waals surface area contributed by atoms with E-state index in [-0.39, 0.29) is 24.3 Å². The first kappa shape index (κ1) is 25.1. The molecule has 1 atom stereocenters. The molecule has 0 saturated carbocycles. The van der Waals surface area contributed by atoms with E-state index in [0.29, 0.717) is 37.7 Å². The highest BCUT2D eigenvalue weighted by Gasteiger charge is 2.50. The normalized spacial score (nSPS) is 20.7. The fourth-order valence-corrected chi connectivity index (χ4v) is 4.39. The van der Waals surface area contributed by atoms with Crippen molar-refractivity contribution in [3.8, 4) is 17.2 Å². The number of ketones is 1. The Labute approximate surface area is 200 Å². The fourth-order valence-electron chi connectivity index (χ4n) is 3.93. The number of nitrogens with zero attached hydrogens (tertiary/aromatic N) is 1. The number of anilines is 1. The van der Waals surface area contributed by atoms with Gasteiger partial charge in [0.05, 0.1) is 19.6 Å². The Kier molecular flexibility index (Phi) is 6.62. The molecule has 2 aromatic rings. The Balaban J connectivity index is 1.70. The molecule has 12 heteroatoms. The third-order valence-electron chi connectivity index (χ3n) is 5.71. The van der Waals surface area contributed by atoms with Crippen LogP contribution in [0.3, 0.4) is 0 Å². The Hall–Kier alpha value is -2.99. The third kappa shape index (κ3) is 5.32. The van der Waals surface area contributed by atoms with Crippen LogP contribution in [-0.2, 0) is 14.9 Å². The summed E-state index contributed by atoms with van der Waals surface area (Å²) in [6.07, 6.45) is -0.259. The quantitative estimate of drug-likeness (QED) is 0.423. The lowest BCUT2D eigenvalue weighted by Gasteiger charge is -2.36. The van der Waals surface area contributed by atoms with Gasteiger partial charge in [-0.15, -0.1) is 0 Å². The molecule has 2 heterocycles. The van der Waals surface area contributed by atoms with Crippen molar-refractivity contribution in [2.45, 2.75) is 31.4 Å². The van der Waals surface area contributed by atoms with Gasteiger partial charge in [-0.1, -0.05) is 18.2 Å². The molecule has 1 saturated heterocycles. The van der Waals surface area contributed by atoms with Gasteiger partial charge in [0.1, 0.15) is 29.3 Å². The molecule has 1 fully saturated rings. The summed E-state index contributed by atoms with van der Waals surface area (Å²) in [5, 5.41) is 0. The van der Waals surface area contributed by atoms with Gasteiger partial charge in [-0.3, -0.25) is 4.79 Å². The van der Waals surface area contributed by atoms with Crippen molar-refractivity contribution in [3.05, 3.63) is 47.5 Å². The summed E-state index contributed by atoms with van der Waals surface area (Å²) >= 11 is 0. The maximum absolute atomic E-state index is 13.1. The van der Waals surface area contributed by atoms with Crippen LogP contribution in [0.5, 0.6) is 17.2 Å². The number of para-hydroxylation sites is 1. The molecular formula is C23H24F3NO7S. The lowest BCUT2D eigenvalue weighted by Crippen LogP contribution is -2.45. The number of alkyl halides is 3. The first-order chi connectivity index (χ1) is 16.4. The van der Waals surface area contributed by atoms with Gasteiger partial charge in [-0.25, -0.2) is 0 Å². The van der Waals surface area contributed by atoms with E-state index in [1.54, 1.807) is 24.0 Å². The van der Waals surface area contributed by atoms with Crippen molar-refractivity contribution in [1.82, 2.24) is 0 Å². The smallest absolute Gasteiger partial charge is 0.489 e. The monoisotopic (exact) mass is 515 g/mol. The molecule has 1 unspecified atom stereocenters. The first-order valence-electron chi connectivity index (χ1n) is 10.8. The molecule has 2 aromatic carbocycles. The minimum Gasteiger partial charge on any atom is -0.489 e. The Bertz CT molecular complexity index is 1230. The summed E-state index contributed by atoms with van der Waals surface area (Å²) < 4.78 is 84.3. The van der Waals surface area contributed by atoms with E-state index in [1.165, 1.54) is 6.07 Å². The summed E-state index contributed by atoms with van der Waals surface area (Å²) in [5.41, 5.74) is -5.96. The van der Waals surface area contributed by atoms with Crippen LogP contribution in [0, 0.1) is 6.92 Å². The number of Topliss-reactive ketones (excluding diaryl/α,β-unsaturated/α-hetero) is 1. The second kappa shape index (κ2) is 9.23. The molecule has 2 aliphatic rings. The van der Waals surface area contributed by atoms with E-state index in [2.05, 4.69) is 4.18 Å². The number of rotatable bonds is 6. The highest BCUT2D eigenvalue weighted by Crippen LogP contribution is 2.43. The number of carbonyl (C=O) groups is 1. The van der Waals surface area contributed by atoms with Gasteiger partial charge in [-0.05, 0) is 25.5 Å². The van der Waals surface area contributed by atoms with Gasteiger partial charge in [-0.2, -0.15) is 21.6 Å². The second-order valence-corrected chi connectivity index (χ2v) is 10.1. The molecule has 0 bridgehead atoms. The zero-order valence-corrected chi connectivity index (χ0v) is 19.9. The fraction of sp³-hybridized carbons (Fsp3) is 0.435. The highest BCUT2D eigenvalue weighted by atomic mass is 32.2. The molecule has 0 amide bonds. The number of benzene rings is 2. The van der Waals surface area contributed by atoms with Crippen molar-refractivity contribution in [2.75, 3.05) is 37.8 Å². The topological polar surface area (TPSA) is 91.4 Å². The Morgan fingerprint density at radius 3 is 2.46 bits per heavy atom. The van der Waals surface area contributed by atoms with Gasteiger partial charge in [0, 0.05) is 30.9 Å². The number of ether oxygens (including phenoxy) is 3. The molecule has 0 radical (unpaired) electrons. The van der Waals surface area contributed by atoms with Crippen LogP contribution in [0.1, 0.15) is 29.3 Å². The second-order valence-electron chi connectivity index (χ2n) is 8.61. The lowest BCUT2D eigenvalue weighted by molar-refractivity contribution is -0.0501. The van der Waals surface area contributed by atoms with Gasteiger partial charge in [0.2, 0.25) is 0 Å². The summed E-state index contributed by atoms with van der Waals surface area (Å²) in [6.45, 7) is 5.03. The Morgan fingerprint density at radius 2 is 1.80 bits per heavy atom. The lowest BCUT2D eigenvalue weighted by atomic mass is 9.91. The van der Waals surface area contributed by atoms with E-state index >= 15 is 0 Å². The average Bonchev–Trinajstić information content (AvgIpc) is 2.77. The predicted molar refractivity (Wildman–Crippen MR) is 120 cm³/mol. The van der Waals surface area contributed by atoms with Crippen LogP contribution in [0.25, 0.3) is 0 Å².